The van der Waals surface area contributed by atoms with Crippen LogP contribution in [0.1, 0.15) is 25.7 Å². The summed E-state index contributed by atoms with van der Waals surface area (Å²) in [5.41, 5.74) is 0. The highest BCUT2D eigenvalue weighted by Crippen LogP contribution is 2.38. The molecule has 1 saturated carbocycles. The molecule has 0 bridgehead atoms. The molecule has 1 saturated heterocycles. The highest BCUT2D eigenvalue weighted by atomic mass is 16.5. The number of rotatable bonds is 4. The first-order valence-electron chi connectivity index (χ1n) is 7.10. The van der Waals surface area contributed by atoms with Crippen molar-refractivity contribution in [2.24, 2.45) is 5.92 Å². The van der Waals surface area contributed by atoms with E-state index < -0.39 is 0 Å². The fraction of sp³-hybridized carbons (Fsp3) is 0.714. The first kappa shape index (κ1) is 12.7. The zero-order valence-electron chi connectivity index (χ0n) is 11.7. The van der Waals surface area contributed by atoms with Crippen molar-refractivity contribution in [3.05, 3.63) is 12.4 Å². The first-order chi connectivity index (χ1) is 9.24. The van der Waals surface area contributed by atoms with Crippen LogP contribution in [0.5, 0.6) is 0 Å². The molecular weight excluding hydrogens is 240 g/mol. The Hall–Kier alpha value is -1.36. The van der Waals surface area contributed by atoms with Crippen molar-refractivity contribution in [1.29, 1.82) is 0 Å². The number of anilines is 2. The van der Waals surface area contributed by atoms with Gasteiger partial charge in [0.15, 0.2) is 11.6 Å². The lowest BCUT2D eigenvalue weighted by Crippen LogP contribution is -2.35. The maximum atomic E-state index is 5.86. The summed E-state index contributed by atoms with van der Waals surface area (Å²) in [6.45, 7) is 0.858. The second-order valence-corrected chi connectivity index (χ2v) is 5.74. The highest BCUT2D eigenvalue weighted by Gasteiger charge is 2.36. The Kier molecular flexibility index (Phi) is 3.55. The Morgan fingerprint density at radius 1 is 1.21 bits per heavy atom. The molecule has 0 aromatic carbocycles. The number of hydrogen-bond acceptors (Lipinski definition) is 5. The minimum Gasteiger partial charge on any atom is -0.378 e. The molecule has 1 N–H and O–H groups in total. The summed E-state index contributed by atoms with van der Waals surface area (Å²) >= 11 is 0. The topological polar surface area (TPSA) is 50.3 Å². The van der Waals surface area contributed by atoms with Crippen LogP contribution in [-0.4, -0.2) is 42.8 Å². The predicted octanol–water partition coefficient (Wildman–Crippen LogP) is 1.91. The van der Waals surface area contributed by atoms with Gasteiger partial charge in [0, 0.05) is 39.1 Å². The highest BCUT2D eigenvalue weighted by molar-refractivity contribution is 5.60. The lowest BCUT2D eigenvalue weighted by atomic mass is 10.00. The largest absolute Gasteiger partial charge is 0.378 e. The third-order valence-electron chi connectivity index (χ3n) is 3.91. The maximum absolute atomic E-state index is 5.86. The Morgan fingerprint density at radius 2 is 2.00 bits per heavy atom. The molecule has 2 unspecified atom stereocenters. The standard InChI is InChI=1S/C14H22N4O/c1-18(2)14-13(15-6-7-16-14)17-11-5-8-19-12(9-11)10-3-4-10/h6-7,10-12H,3-5,8-9H2,1-2H3,(H,15,17). The summed E-state index contributed by atoms with van der Waals surface area (Å²) in [6.07, 6.45) is 8.74. The third kappa shape index (κ3) is 2.97. The normalized spacial score (nSPS) is 27.1. The molecule has 1 aliphatic heterocycles. The molecule has 1 aliphatic carbocycles. The summed E-state index contributed by atoms with van der Waals surface area (Å²) in [4.78, 5) is 10.8. The van der Waals surface area contributed by atoms with Gasteiger partial charge in [0.05, 0.1) is 6.10 Å². The van der Waals surface area contributed by atoms with Crippen LogP contribution < -0.4 is 10.2 Å². The molecule has 2 atom stereocenters. The van der Waals surface area contributed by atoms with Gasteiger partial charge in [-0.05, 0) is 31.6 Å². The molecular formula is C14H22N4O. The molecule has 2 heterocycles. The number of ether oxygens (including phenoxy) is 1. The van der Waals surface area contributed by atoms with Crippen molar-refractivity contribution in [3.63, 3.8) is 0 Å². The van der Waals surface area contributed by atoms with Crippen LogP contribution >= 0.6 is 0 Å². The van der Waals surface area contributed by atoms with Gasteiger partial charge in [0.25, 0.3) is 0 Å². The molecule has 1 aromatic heterocycles. The van der Waals surface area contributed by atoms with E-state index in [0.29, 0.717) is 12.1 Å². The number of nitrogens with one attached hydrogen (secondary N) is 1. The quantitative estimate of drug-likeness (QED) is 0.898. The minimum atomic E-state index is 0.450. The van der Waals surface area contributed by atoms with E-state index in [2.05, 4.69) is 15.3 Å². The first-order valence-corrected chi connectivity index (χ1v) is 7.10. The van der Waals surface area contributed by atoms with Gasteiger partial charge < -0.3 is 15.0 Å². The van der Waals surface area contributed by atoms with Crippen LogP contribution in [0.4, 0.5) is 11.6 Å². The van der Waals surface area contributed by atoms with Crippen LogP contribution in [-0.2, 0) is 4.74 Å². The van der Waals surface area contributed by atoms with Crippen molar-refractivity contribution in [2.75, 3.05) is 30.9 Å². The maximum Gasteiger partial charge on any atom is 0.171 e. The SMILES string of the molecule is CN(C)c1nccnc1NC1CCOC(C2CC2)C1. The van der Waals surface area contributed by atoms with E-state index in [4.69, 9.17) is 4.74 Å². The van der Waals surface area contributed by atoms with Crippen LogP contribution in [0.25, 0.3) is 0 Å². The van der Waals surface area contributed by atoms with Crippen LogP contribution in [0.2, 0.25) is 0 Å². The van der Waals surface area contributed by atoms with Crippen molar-refractivity contribution in [2.45, 2.75) is 37.8 Å². The Labute approximate surface area is 114 Å². The summed E-state index contributed by atoms with van der Waals surface area (Å²) < 4.78 is 5.86. The van der Waals surface area contributed by atoms with Crippen LogP contribution in [0, 0.1) is 5.92 Å². The Morgan fingerprint density at radius 3 is 2.74 bits per heavy atom. The number of nitrogens with zero attached hydrogens (tertiary/aromatic N) is 3. The fourth-order valence-electron chi connectivity index (χ4n) is 2.71. The van der Waals surface area contributed by atoms with Crippen LogP contribution in [0.3, 0.4) is 0 Å². The van der Waals surface area contributed by atoms with E-state index in [0.717, 1.165) is 37.0 Å². The zero-order valence-corrected chi connectivity index (χ0v) is 11.7. The Balaban J connectivity index is 1.67. The van der Waals surface area contributed by atoms with Crippen molar-refractivity contribution < 1.29 is 4.74 Å². The molecule has 19 heavy (non-hydrogen) atoms. The van der Waals surface area contributed by atoms with Gasteiger partial charge in [-0.3, -0.25) is 0 Å². The number of hydrogen-bond donors (Lipinski definition) is 1. The lowest BCUT2D eigenvalue weighted by Gasteiger charge is -2.31. The minimum absolute atomic E-state index is 0.450. The second-order valence-electron chi connectivity index (χ2n) is 5.74. The van der Waals surface area contributed by atoms with Crippen LogP contribution in [0.15, 0.2) is 12.4 Å². The second kappa shape index (κ2) is 5.33. The number of aromatic nitrogens is 2. The predicted molar refractivity (Wildman–Crippen MR) is 75.5 cm³/mol. The molecule has 104 valence electrons. The summed E-state index contributed by atoms with van der Waals surface area (Å²) in [7, 11) is 3.98. The van der Waals surface area contributed by atoms with Gasteiger partial charge in [-0.1, -0.05) is 0 Å². The van der Waals surface area contributed by atoms with Gasteiger partial charge in [-0.25, -0.2) is 9.97 Å². The van der Waals surface area contributed by atoms with E-state index in [1.54, 1.807) is 12.4 Å². The van der Waals surface area contributed by atoms with E-state index in [-0.39, 0.29) is 0 Å². The van der Waals surface area contributed by atoms with Gasteiger partial charge in [-0.15, -0.1) is 0 Å². The van der Waals surface area contributed by atoms with E-state index >= 15 is 0 Å². The molecule has 2 aliphatic rings. The molecule has 2 fully saturated rings. The van der Waals surface area contributed by atoms with Gasteiger partial charge in [-0.2, -0.15) is 0 Å². The van der Waals surface area contributed by atoms with Crippen molar-refractivity contribution in [3.8, 4) is 0 Å². The molecule has 0 radical (unpaired) electrons. The van der Waals surface area contributed by atoms with Crippen molar-refractivity contribution in [1.82, 2.24) is 9.97 Å². The molecule has 0 spiro atoms. The zero-order chi connectivity index (χ0) is 13.2. The monoisotopic (exact) mass is 262 g/mol. The molecule has 5 heteroatoms. The van der Waals surface area contributed by atoms with Gasteiger partial charge in [0.1, 0.15) is 0 Å². The summed E-state index contributed by atoms with van der Waals surface area (Å²) in [5, 5.41) is 3.55. The summed E-state index contributed by atoms with van der Waals surface area (Å²) in [5.74, 6) is 2.59. The average Bonchev–Trinajstić information content (AvgIpc) is 3.24. The van der Waals surface area contributed by atoms with E-state index in [9.17, 15) is 0 Å². The smallest absolute Gasteiger partial charge is 0.171 e. The fourth-order valence-corrected chi connectivity index (χ4v) is 2.71. The van der Waals surface area contributed by atoms with E-state index in [1.807, 2.05) is 19.0 Å². The molecule has 3 rings (SSSR count). The van der Waals surface area contributed by atoms with Gasteiger partial charge in [0.2, 0.25) is 0 Å². The van der Waals surface area contributed by atoms with E-state index in [1.165, 1.54) is 12.8 Å². The average molecular weight is 262 g/mol. The summed E-state index contributed by atoms with van der Waals surface area (Å²) in [6, 6.07) is 0.453. The molecule has 1 aromatic rings. The Bertz CT molecular complexity index is 433. The third-order valence-corrected chi connectivity index (χ3v) is 3.91. The molecule has 5 nitrogen and oxygen atoms in total. The van der Waals surface area contributed by atoms with Gasteiger partial charge >= 0.3 is 0 Å². The van der Waals surface area contributed by atoms with Crippen molar-refractivity contribution >= 4 is 11.6 Å². The lowest BCUT2D eigenvalue weighted by molar-refractivity contribution is -0.00223. The molecule has 0 amide bonds.